The number of hydrogen-bond acceptors (Lipinski definition) is 8. The first kappa shape index (κ1) is 35.9. The fourth-order valence-electron chi connectivity index (χ4n) is 3.29. The third kappa shape index (κ3) is 16.2. The molecule has 3 aromatic rings. The van der Waals surface area contributed by atoms with Crippen molar-refractivity contribution in [3.63, 3.8) is 0 Å². The highest BCUT2D eigenvalue weighted by Gasteiger charge is 2.15. The van der Waals surface area contributed by atoms with Gasteiger partial charge in [-0.05, 0) is 22.2 Å². The molecule has 0 saturated heterocycles. The summed E-state index contributed by atoms with van der Waals surface area (Å²) < 4.78 is 26.4. The van der Waals surface area contributed by atoms with Gasteiger partial charge in [-0.15, -0.1) is 0 Å². The Morgan fingerprint density at radius 2 is 1.29 bits per heavy atom. The standard InChI is InChI=1S/C10H12BNO4S.C9H10BNO2.C8H10N4/c1-17(14,15)16-7-9(12-10(11)13)8-5-3-2-4-6-8;10-9(13)11-8(6-12)7-4-2-1-3-5-7;9-8(6-11-12-10)7-4-2-1-3-5-7/h2-6,9H,7H2,1H3,(H,12,13);1-5,8,12H,6H2,(H,11,13);1-5,8H,6,9H2/t9-;2*8-/m111/s1. The fourth-order valence-corrected chi connectivity index (χ4v) is 3.67. The molecule has 15 heteroatoms. The van der Waals surface area contributed by atoms with Gasteiger partial charge >= 0.3 is 0 Å². The maximum Gasteiger partial charge on any atom is 0.264 e. The van der Waals surface area contributed by atoms with Gasteiger partial charge in [0, 0.05) is 17.5 Å². The van der Waals surface area contributed by atoms with Crippen molar-refractivity contribution < 1.29 is 27.3 Å². The zero-order valence-electron chi connectivity index (χ0n) is 23.0. The number of nitrogens with two attached hydrogens (primary N) is 1. The second-order valence-corrected chi connectivity index (χ2v) is 10.2. The summed E-state index contributed by atoms with van der Waals surface area (Å²) in [6.45, 7) is -0.0424. The van der Waals surface area contributed by atoms with Crippen LogP contribution in [0.4, 0.5) is 9.59 Å². The first-order chi connectivity index (χ1) is 20.0. The van der Waals surface area contributed by atoms with E-state index < -0.39 is 33.8 Å². The fraction of sp³-hybridized carbons (Fsp3) is 0.259. The summed E-state index contributed by atoms with van der Waals surface area (Å²) in [5, 5.41) is 17.2. The maximum absolute atomic E-state index is 10.9. The molecular formula is C27H32B2N6O6S. The van der Waals surface area contributed by atoms with Gasteiger partial charge in [0.2, 0.25) is 15.7 Å². The molecular weight excluding hydrogens is 558 g/mol. The summed E-state index contributed by atoms with van der Waals surface area (Å²) >= 11 is 0. The molecule has 218 valence electrons. The van der Waals surface area contributed by atoms with E-state index in [1.54, 1.807) is 24.3 Å². The molecule has 0 heterocycles. The number of azide groups is 1. The second kappa shape index (κ2) is 19.9. The zero-order chi connectivity index (χ0) is 31.4. The van der Waals surface area contributed by atoms with Gasteiger partial charge in [0.15, 0.2) is 11.6 Å². The molecule has 0 aliphatic rings. The Hall–Kier alpha value is -4.13. The van der Waals surface area contributed by atoms with Crippen LogP contribution in [0.3, 0.4) is 0 Å². The van der Waals surface area contributed by atoms with Gasteiger partial charge in [-0.1, -0.05) is 96.1 Å². The normalized spacial score (nSPS) is 12.4. The molecule has 3 atom stereocenters. The smallest absolute Gasteiger partial charge is 0.264 e. The quantitative estimate of drug-likeness (QED) is 0.0865. The van der Waals surface area contributed by atoms with Gasteiger partial charge in [0.25, 0.3) is 10.1 Å². The summed E-state index contributed by atoms with van der Waals surface area (Å²) in [6, 6.07) is 26.4. The summed E-state index contributed by atoms with van der Waals surface area (Å²) in [4.78, 5) is 24.0. The molecule has 3 aromatic carbocycles. The SMILES string of the molecule is [B]C(=O)N[C@H](CO)c1ccccc1.[B]C(=O)N[C@H](COS(C)(=O)=O)c1ccccc1.[N-]=[N+]=NC[C@@H](N)c1ccccc1. The van der Waals surface area contributed by atoms with Crippen molar-refractivity contribution in [2.24, 2.45) is 10.8 Å². The van der Waals surface area contributed by atoms with E-state index in [4.69, 9.17) is 32.1 Å². The Morgan fingerprint density at radius 3 is 1.67 bits per heavy atom. The van der Waals surface area contributed by atoms with E-state index in [0.29, 0.717) is 6.54 Å². The number of aliphatic hydroxyl groups excluding tert-OH is 1. The van der Waals surface area contributed by atoms with Gasteiger partial charge < -0.3 is 21.5 Å². The zero-order valence-corrected chi connectivity index (χ0v) is 23.8. The summed E-state index contributed by atoms with van der Waals surface area (Å²) in [6.07, 6.45) is 0.944. The molecule has 0 aromatic heterocycles. The lowest BCUT2D eigenvalue weighted by Crippen LogP contribution is -2.31. The predicted octanol–water partition coefficient (Wildman–Crippen LogP) is 3.18. The average Bonchev–Trinajstić information content (AvgIpc) is 2.98. The largest absolute Gasteiger partial charge is 0.394 e. The van der Waals surface area contributed by atoms with Gasteiger partial charge in [0.05, 0.1) is 31.6 Å². The van der Waals surface area contributed by atoms with E-state index in [0.717, 1.165) is 22.9 Å². The van der Waals surface area contributed by atoms with Crippen LogP contribution in [-0.2, 0) is 14.3 Å². The Balaban J connectivity index is 0.000000321. The van der Waals surface area contributed by atoms with E-state index in [2.05, 4.69) is 24.8 Å². The number of carbonyl (C=O) groups excluding carboxylic acids is 2. The lowest BCUT2D eigenvalue weighted by Gasteiger charge is -2.17. The van der Waals surface area contributed by atoms with E-state index in [1.165, 1.54) is 0 Å². The number of nitrogens with one attached hydrogen (secondary N) is 2. The minimum Gasteiger partial charge on any atom is -0.394 e. The minimum atomic E-state index is -3.56. The first-order valence-corrected chi connectivity index (χ1v) is 14.3. The van der Waals surface area contributed by atoms with Crippen LogP contribution in [0, 0.1) is 0 Å². The second-order valence-electron chi connectivity index (χ2n) is 8.55. The molecule has 0 unspecified atom stereocenters. The maximum atomic E-state index is 10.9. The molecule has 0 aliphatic carbocycles. The number of rotatable bonds is 11. The van der Waals surface area contributed by atoms with E-state index >= 15 is 0 Å². The average molecular weight is 590 g/mol. The lowest BCUT2D eigenvalue weighted by molar-refractivity contribution is 0.231. The first-order valence-electron chi connectivity index (χ1n) is 12.4. The van der Waals surface area contributed by atoms with Crippen molar-refractivity contribution in [2.75, 3.05) is 26.0 Å². The topological polar surface area (TPSA) is 197 Å². The van der Waals surface area contributed by atoms with Gasteiger partial charge in [-0.2, -0.15) is 8.42 Å². The van der Waals surface area contributed by atoms with E-state index in [-0.39, 0.29) is 19.3 Å². The van der Waals surface area contributed by atoms with Crippen molar-refractivity contribution in [2.45, 2.75) is 18.1 Å². The number of amides is 2. The van der Waals surface area contributed by atoms with Crippen LogP contribution in [0.5, 0.6) is 0 Å². The number of carbonyl (C=O) groups is 2. The molecule has 5 N–H and O–H groups in total. The van der Waals surface area contributed by atoms with Crippen LogP contribution in [-0.4, -0.2) is 66.8 Å². The molecule has 0 spiro atoms. The number of hydrogen-bond donors (Lipinski definition) is 4. The van der Waals surface area contributed by atoms with Crippen molar-refractivity contribution in [1.82, 2.24) is 10.6 Å². The monoisotopic (exact) mass is 590 g/mol. The summed E-state index contributed by atoms with van der Waals surface area (Å²) in [5.74, 6) is -1.38. The van der Waals surface area contributed by atoms with Crippen LogP contribution in [0.15, 0.2) is 96.1 Å². The molecule has 4 radical (unpaired) electrons. The Kier molecular flexibility index (Phi) is 17.0. The Labute approximate surface area is 248 Å². The van der Waals surface area contributed by atoms with Crippen LogP contribution >= 0.6 is 0 Å². The summed E-state index contributed by atoms with van der Waals surface area (Å²) in [5.41, 5.74) is 16.3. The van der Waals surface area contributed by atoms with Gasteiger partial charge in [0.1, 0.15) is 0 Å². The summed E-state index contributed by atoms with van der Waals surface area (Å²) in [7, 11) is 6.40. The molecule has 0 saturated carbocycles. The Morgan fingerprint density at radius 1 is 0.881 bits per heavy atom. The molecule has 12 nitrogen and oxygen atoms in total. The third-order valence-corrected chi connectivity index (χ3v) is 5.80. The highest BCUT2D eigenvalue weighted by Crippen LogP contribution is 2.14. The number of aliphatic hydroxyl groups is 1. The van der Waals surface area contributed by atoms with Gasteiger partial charge in [-0.3, -0.25) is 13.8 Å². The molecule has 3 rings (SSSR count). The molecule has 2 amide bonds. The van der Waals surface area contributed by atoms with E-state index in [1.807, 2.05) is 66.7 Å². The molecule has 0 aliphatic heterocycles. The Bertz CT molecular complexity index is 1370. The number of nitrogens with zero attached hydrogens (tertiary/aromatic N) is 3. The van der Waals surface area contributed by atoms with E-state index in [9.17, 15) is 18.0 Å². The van der Waals surface area contributed by atoms with Crippen LogP contribution < -0.4 is 16.4 Å². The van der Waals surface area contributed by atoms with Crippen LogP contribution in [0.25, 0.3) is 10.4 Å². The highest BCUT2D eigenvalue weighted by molar-refractivity contribution is 7.85. The van der Waals surface area contributed by atoms with Crippen molar-refractivity contribution in [3.8, 4) is 0 Å². The highest BCUT2D eigenvalue weighted by atomic mass is 32.2. The van der Waals surface area contributed by atoms with Crippen molar-refractivity contribution in [3.05, 3.63) is 118 Å². The van der Waals surface area contributed by atoms with Crippen molar-refractivity contribution in [1.29, 1.82) is 0 Å². The van der Waals surface area contributed by atoms with Gasteiger partial charge in [-0.25, -0.2) is 0 Å². The third-order valence-electron chi connectivity index (χ3n) is 5.24. The minimum absolute atomic E-state index is 0.160. The van der Waals surface area contributed by atoms with Crippen LogP contribution in [0.1, 0.15) is 34.8 Å². The van der Waals surface area contributed by atoms with Crippen molar-refractivity contribution >= 4 is 37.4 Å². The number of benzene rings is 3. The molecule has 0 bridgehead atoms. The van der Waals surface area contributed by atoms with Crippen LogP contribution in [0.2, 0.25) is 0 Å². The predicted molar refractivity (Wildman–Crippen MR) is 162 cm³/mol. The molecule has 42 heavy (non-hydrogen) atoms. The molecule has 0 fully saturated rings. The lowest BCUT2D eigenvalue weighted by atomic mass is 10.0.